The van der Waals surface area contributed by atoms with Crippen LogP contribution in [0.15, 0.2) is 54.6 Å². The molecule has 1 amide bonds. The van der Waals surface area contributed by atoms with Gasteiger partial charge >= 0.3 is 0 Å². The number of likely N-dealkylation sites (tertiary alicyclic amines) is 1. The summed E-state index contributed by atoms with van der Waals surface area (Å²) in [5, 5.41) is 0. The summed E-state index contributed by atoms with van der Waals surface area (Å²) in [5.41, 5.74) is 3.88. The normalized spacial score (nSPS) is 15.6. The molecule has 1 fully saturated rings. The standard InChI is InChI=1S/C25H35N3O/c1-21-8-7-11-23(18-21)19-27-14-12-24(13-15-27)25(29)28(17-16-26(2)3)20-22-9-5-4-6-10-22/h4-11,18,24H,12-17,19-20H2,1-3H3. The number of amides is 1. The molecule has 2 aromatic rings. The zero-order valence-electron chi connectivity index (χ0n) is 18.2. The molecular formula is C25H35N3O. The van der Waals surface area contributed by atoms with Crippen LogP contribution in [0.2, 0.25) is 0 Å². The minimum absolute atomic E-state index is 0.148. The second kappa shape index (κ2) is 10.6. The second-order valence-electron chi connectivity index (χ2n) is 8.59. The van der Waals surface area contributed by atoms with Crippen LogP contribution in [0.3, 0.4) is 0 Å². The second-order valence-corrected chi connectivity index (χ2v) is 8.59. The number of carbonyl (C=O) groups excluding carboxylic acids is 1. The first-order chi connectivity index (χ1) is 14.0. The number of carbonyl (C=O) groups is 1. The molecule has 1 aliphatic heterocycles. The average molecular weight is 394 g/mol. The molecule has 0 N–H and O–H groups in total. The lowest BCUT2D eigenvalue weighted by Crippen LogP contribution is -2.44. The largest absolute Gasteiger partial charge is 0.337 e. The van der Waals surface area contributed by atoms with E-state index in [0.717, 1.165) is 45.6 Å². The monoisotopic (exact) mass is 393 g/mol. The van der Waals surface area contributed by atoms with E-state index in [1.54, 1.807) is 0 Å². The molecule has 156 valence electrons. The van der Waals surface area contributed by atoms with Crippen LogP contribution >= 0.6 is 0 Å². The highest BCUT2D eigenvalue weighted by Gasteiger charge is 2.28. The number of piperidine rings is 1. The Morgan fingerprint density at radius 1 is 0.966 bits per heavy atom. The van der Waals surface area contributed by atoms with Gasteiger partial charge < -0.3 is 9.80 Å². The molecule has 0 saturated carbocycles. The summed E-state index contributed by atoms with van der Waals surface area (Å²) in [5.74, 6) is 0.473. The fraction of sp³-hybridized carbons (Fsp3) is 0.480. The SMILES string of the molecule is Cc1cccc(CN2CCC(C(=O)N(CCN(C)C)Cc3ccccc3)CC2)c1. The molecule has 0 atom stereocenters. The van der Waals surface area contributed by atoms with Crippen molar-refractivity contribution in [3.8, 4) is 0 Å². The lowest BCUT2D eigenvalue weighted by molar-refractivity contribution is -0.138. The molecule has 0 unspecified atom stereocenters. The van der Waals surface area contributed by atoms with Gasteiger partial charge in [-0.05, 0) is 58.1 Å². The minimum Gasteiger partial charge on any atom is -0.337 e. The van der Waals surface area contributed by atoms with Crippen LogP contribution in [0.4, 0.5) is 0 Å². The molecular weight excluding hydrogens is 358 g/mol. The highest BCUT2D eigenvalue weighted by Crippen LogP contribution is 2.22. The molecule has 0 bridgehead atoms. The van der Waals surface area contributed by atoms with E-state index in [-0.39, 0.29) is 5.92 Å². The van der Waals surface area contributed by atoms with Crippen molar-refractivity contribution in [3.63, 3.8) is 0 Å². The van der Waals surface area contributed by atoms with Crippen LogP contribution in [-0.2, 0) is 17.9 Å². The van der Waals surface area contributed by atoms with E-state index in [4.69, 9.17) is 0 Å². The van der Waals surface area contributed by atoms with Crippen LogP contribution in [0.1, 0.15) is 29.5 Å². The summed E-state index contributed by atoms with van der Waals surface area (Å²) < 4.78 is 0. The highest BCUT2D eigenvalue weighted by atomic mass is 16.2. The van der Waals surface area contributed by atoms with Gasteiger partial charge in [0.2, 0.25) is 5.91 Å². The molecule has 1 saturated heterocycles. The predicted octanol–water partition coefficient (Wildman–Crippen LogP) is 3.80. The summed E-state index contributed by atoms with van der Waals surface area (Å²) in [6, 6.07) is 19.1. The van der Waals surface area contributed by atoms with Crippen molar-refractivity contribution >= 4 is 5.91 Å². The van der Waals surface area contributed by atoms with Gasteiger partial charge in [0, 0.05) is 32.1 Å². The van der Waals surface area contributed by atoms with Gasteiger partial charge in [0.05, 0.1) is 0 Å². The van der Waals surface area contributed by atoms with Crippen LogP contribution in [-0.4, -0.2) is 60.9 Å². The first-order valence-corrected chi connectivity index (χ1v) is 10.8. The fourth-order valence-corrected chi connectivity index (χ4v) is 4.06. The van der Waals surface area contributed by atoms with Crippen molar-refractivity contribution in [3.05, 3.63) is 71.3 Å². The topological polar surface area (TPSA) is 26.8 Å². The third kappa shape index (κ3) is 6.69. The third-order valence-corrected chi connectivity index (χ3v) is 5.77. The van der Waals surface area contributed by atoms with E-state index >= 15 is 0 Å². The van der Waals surface area contributed by atoms with Crippen molar-refractivity contribution in [2.75, 3.05) is 40.3 Å². The lowest BCUT2D eigenvalue weighted by Gasteiger charge is -2.34. The van der Waals surface area contributed by atoms with E-state index < -0.39 is 0 Å². The molecule has 0 aliphatic carbocycles. The Bertz CT molecular complexity index is 767. The maximum absolute atomic E-state index is 13.3. The number of rotatable bonds is 8. The van der Waals surface area contributed by atoms with E-state index in [9.17, 15) is 4.79 Å². The van der Waals surface area contributed by atoms with E-state index in [0.29, 0.717) is 12.5 Å². The molecule has 0 spiro atoms. The Morgan fingerprint density at radius 3 is 2.31 bits per heavy atom. The summed E-state index contributed by atoms with van der Waals surface area (Å²) in [7, 11) is 4.13. The van der Waals surface area contributed by atoms with Crippen molar-refractivity contribution in [1.82, 2.24) is 14.7 Å². The summed E-state index contributed by atoms with van der Waals surface area (Å²) in [6.45, 7) is 7.50. The van der Waals surface area contributed by atoms with E-state index in [2.05, 4.69) is 72.1 Å². The molecule has 1 heterocycles. The number of hydrogen-bond donors (Lipinski definition) is 0. The van der Waals surface area contributed by atoms with Gasteiger partial charge in [0.25, 0.3) is 0 Å². The first-order valence-electron chi connectivity index (χ1n) is 10.8. The molecule has 4 heteroatoms. The fourth-order valence-electron chi connectivity index (χ4n) is 4.06. The van der Waals surface area contributed by atoms with Crippen LogP contribution < -0.4 is 0 Å². The molecule has 3 rings (SSSR count). The number of benzene rings is 2. The van der Waals surface area contributed by atoms with Gasteiger partial charge in [-0.2, -0.15) is 0 Å². The maximum atomic E-state index is 13.3. The van der Waals surface area contributed by atoms with Crippen molar-refractivity contribution < 1.29 is 4.79 Å². The number of nitrogens with zero attached hydrogens (tertiary/aromatic N) is 3. The summed E-state index contributed by atoms with van der Waals surface area (Å²) >= 11 is 0. The zero-order valence-corrected chi connectivity index (χ0v) is 18.2. The van der Waals surface area contributed by atoms with Gasteiger partial charge in [-0.3, -0.25) is 9.69 Å². The molecule has 1 aliphatic rings. The summed E-state index contributed by atoms with van der Waals surface area (Å²) in [6.07, 6.45) is 1.91. The number of aryl methyl sites for hydroxylation is 1. The van der Waals surface area contributed by atoms with Crippen molar-refractivity contribution in [2.45, 2.75) is 32.9 Å². The number of likely N-dealkylation sites (N-methyl/N-ethyl adjacent to an activating group) is 1. The number of hydrogen-bond acceptors (Lipinski definition) is 3. The third-order valence-electron chi connectivity index (χ3n) is 5.77. The van der Waals surface area contributed by atoms with Gasteiger partial charge in [0.1, 0.15) is 0 Å². The van der Waals surface area contributed by atoms with Gasteiger partial charge in [-0.15, -0.1) is 0 Å². The quantitative estimate of drug-likeness (QED) is 0.683. The van der Waals surface area contributed by atoms with E-state index in [1.807, 2.05) is 18.2 Å². The zero-order chi connectivity index (χ0) is 20.6. The minimum atomic E-state index is 0.148. The van der Waals surface area contributed by atoms with E-state index in [1.165, 1.54) is 16.7 Å². The molecule has 0 radical (unpaired) electrons. The maximum Gasteiger partial charge on any atom is 0.226 e. The Kier molecular flexibility index (Phi) is 7.84. The van der Waals surface area contributed by atoms with Gasteiger partial charge in [-0.25, -0.2) is 0 Å². The van der Waals surface area contributed by atoms with Crippen molar-refractivity contribution in [2.24, 2.45) is 5.92 Å². The highest BCUT2D eigenvalue weighted by molar-refractivity contribution is 5.79. The summed E-state index contributed by atoms with van der Waals surface area (Å²) in [4.78, 5) is 20.0. The molecule has 0 aromatic heterocycles. The first kappa shape index (κ1) is 21.5. The Morgan fingerprint density at radius 2 is 1.66 bits per heavy atom. The van der Waals surface area contributed by atoms with Crippen molar-refractivity contribution in [1.29, 1.82) is 0 Å². The lowest BCUT2D eigenvalue weighted by atomic mass is 9.94. The smallest absolute Gasteiger partial charge is 0.226 e. The predicted molar refractivity (Wildman–Crippen MR) is 120 cm³/mol. The van der Waals surface area contributed by atoms with Gasteiger partial charge in [0.15, 0.2) is 0 Å². The molecule has 29 heavy (non-hydrogen) atoms. The Balaban J connectivity index is 1.56. The van der Waals surface area contributed by atoms with Crippen LogP contribution in [0.25, 0.3) is 0 Å². The molecule has 4 nitrogen and oxygen atoms in total. The Hall–Kier alpha value is -2.17. The van der Waals surface area contributed by atoms with Crippen LogP contribution in [0.5, 0.6) is 0 Å². The average Bonchev–Trinajstić information content (AvgIpc) is 2.72. The van der Waals surface area contributed by atoms with Gasteiger partial charge in [-0.1, -0.05) is 60.2 Å². The molecule has 2 aromatic carbocycles. The Labute approximate surface area is 176 Å². The van der Waals surface area contributed by atoms with Crippen LogP contribution in [0, 0.1) is 12.8 Å².